The molecule has 1 fully saturated rings. The molecule has 86 valence electrons. The lowest BCUT2D eigenvalue weighted by molar-refractivity contribution is 0.0647. The highest BCUT2D eigenvalue weighted by molar-refractivity contribution is 5.94. The summed E-state index contributed by atoms with van der Waals surface area (Å²) in [5.74, 6) is -0.627. The summed E-state index contributed by atoms with van der Waals surface area (Å²) < 4.78 is 13.6. The molecule has 0 atom stereocenters. The first-order valence-electron chi connectivity index (χ1n) is 5.63. The molecule has 0 heterocycles. The van der Waals surface area contributed by atoms with Gasteiger partial charge in [-0.25, -0.2) is 4.39 Å². The van der Waals surface area contributed by atoms with Crippen molar-refractivity contribution in [2.24, 2.45) is 0 Å². The lowest BCUT2D eigenvalue weighted by atomic mass is 9.91. The van der Waals surface area contributed by atoms with Gasteiger partial charge in [-0.3, -0.25) is 4.79 Å². The van der Waals surface area contributed by atoms with Crippen molar-refractivity contribution in [2.45, 2.75) is 32.2 Å². The van der Waals surface area contributed by atoms with E-state index >= 15 is 0 Å². The Morgan fingerprint density at radius 1 is 1.44 bits per heavy atom. The van der Waals surface area contributed by atoms with E-state index in [9.17, 15) is 9.18 Å². The molecule has 0 spiro atoms. The lowest BCUT2D eigenvalue weighted by Gasteiger charge is -2.34. The summed E-state index contributed by atoms with van der Waals surface area (Å²) in [5, 5.41) is 0. The molecule has 1 aliphatic carbocycles. The Morgan fingerprint density at radius 3 is 2.62 bits per heavy atom. The van der Waals surface area contributed by atoms with Crippen LogP contribution < -0.4 is 0 Å². The van der Waals surface area contributed by atoms with E-state index in [1.807, 2.05) is 6.92 Å². The molecule has 1 amide bonds. The SMILES string of the molecule is Cc1ccc(C(=O)N(C)C2CCC2)c(F)c1. The topological polar surface area (TPSA) is 20.3 Å². The fourth-order valence-corrected chi connectivity index (χ4v) is 1.92. The van der Waals surface area contributed by atoms with Crippen molar-refractivity contribution in [1.82, 2.24) is 4.90 Å². The molecule has 16 heavy (non-hydrogen) atoms. The van der Waals surface area contributed by atoms with E-state index in [1.165, 1.54) is 12.5 Å². The minimum Gasteiger partial charge on any atom is -0.339 e. The van der Waals surface area contributed by atoms with Crippen molar-refractivity contribution >= 4 is 5.91 Å². The van der Waals surface area contributed by atoms with Crippen LogP contribution >= 0.6 is 0 Å². The number of benzene rings is 1. The summed E-state index contributed by atoms with van der Waals surface area (Å²) in [6, 6.07) is 5.04. The molecule has 1 aromatic rings. The maximum Gasteiger partial charge on any atom is 0.256 e. The third-order valence-electron chi connectivity index (χ3n) is 3.30. The fourth-order valence-electron chi connectivity index (χ4n) is 1.92. The molecule has 0 radical (unpaired) electrons. The first kappa shape index (κ1) is 11.1. The van der Waals surface area contributed by atoms with Crippen molar-refractivity contribution < 1.29 is 9.18 Å². The standard InChI is InChI=1S/C13H16FNO/c1-9-6-7-11(12(14)8-9)13(16)15(2)10-4-3-5-10/h6-8,10H,3-5H2,1-2H3. The highest BCUT2D eigenvalue weighted by Gasteiger charge is 2.27. The molecule has 0 bridgehead atoms. The van der Waals surface area contributed by atoms with Crippen molar-refractivity contribution in [3.05, 3.63) is 35.1 Å². The van der Waals surface area contributed by atoms with E-state index in [-0.39, 0.29) is 11.5 Å². The van der Waals surface area contributed by atoms with Gasteiger partial charge in [0.1, 0.15) is 5.82 Å². The van der Waals surface area contributed by atoms with Gasteiger partial charge >= 0.3 is 0 Å². The van der Waals surface area contributed by atoms with E-state index in [0.29, 0.717) is 6.04 Å². The first-order valence-corrected chi connectivity index (χ1v) is 5.63. The predicted molar refractivity (Wildman–Crippen MR) is 60.9 cm³/mol. The minimum atomic E-state index is -0.420. The average Bonchev–Trinajstić information content (AvgIpc) is 2.14. The van der Waals surface area contributed by atoms with Crippen LogP contribution in [0, 0.1) is 12.7 Å². The summed E-state index contributed by atoms with van der Waals surface area (Å²) in [5.41, 5.74) is 1.01. The van der Waals surface area contributed by atoms with Gasteiger partial charge in [0.15, 0.2) is 0 Å². The highest BCUT2D eigenvalue weighted by atomic mass is 19.1. The number of nitrogens with zero attached hydrogens (tertiary/aromatic N) is 1. The Kier molecular flexibility index (Phi) is 2.95. The molecule has 1 aromatic carbocycles. The first-order chi connectivity index (χ1) is 7.59. The predicted octanol–water partition coefficient (Wildman–Crippen LogP) is 2.76. The second-order valence-corrected chi connectivity index (χ2v) is 4.48. The third kappa shape index (κ3) is 1.94. The van der Waals surface area contributed by atoms with Gasteiger partial charge in [0.2, 0.25) is 0 Å². The molecule has 1 aliphatic rings. The zero-order valence-corrected chi connectivity index (χ0v) is 9.66. The fraction of sp³-hybridized carbons (Fsp3) is 0.462. The van der Waals surface area contributed by atoms with E-state index in [4.69, 9.17) is 0 Å². The number of aryl methyl sites for hydroxylation is 1. The maximum atomic E-state index is 13.6. The Balaban J connectivity index is 2.19. The smallest absolute Gasteiger partial charge is 0.256 e. The van der Waals surface area contributed by atoms with Gasteiger partial charge < -0.3 is 4.90 Å². The molecule has 0 aliphatic heterocycles. The zero-order valence-electron chi connectivity index (χ0n) is 9.66. The second-order valence-electron chi connectivity index (χ2n) is 4.48. The van der Waals surface area contributed by atoms with Crippen molar-refractivity contribution in [2.75, 3.05) is 7.05 Å². The van der Waals surface area contributed by atoms with Crippen LogP contribution in [0.2, 0.25) is 0 Å². The average molecular weight is 221 g/mol. The van der Waals surface area contributed by atoms with Crippen LogP contribution in [0.4, 0.5) is 4.39 Å². The quantitative estimate of drug-likeness (QED) is 0.752. The monoisotopic (exact) mass is 221 g/mol. The number of halogens is 1. The molecule has 3 heteroatoms. The number of carbonyl (C=O) groups is 1. The summed E-state index contributed by atoms with van der Waals surface area (Å²) in [4.78, 5) is 13.7. The van der Waals surface area contributed by atoms with Crippen LogP contribution in [0.25, 0.3) is 0 Å². The van der Waals surface area contributed by atoms with Gasteiger partial charge in [-0.05, 0) is 43.9 Å². The molecule has 2 rings (SSSR count). The minimum absolute atomic E-state index is 0.181. The molecule has 0 saturated heterocycles. The van der Waals surface area contributed by atoms with Crippen molar-refractivity contribution in [3.63, 3.8) is 0 Å². The van der Waals surface area contributed by atoms with Gasteiger partial charge in [0.05, 0.1) is 5.56 Å². The van der Waals surface area contributed by atoms with Gasteiger partial charge in [0.25, 0.3) is 5.91 Å². The van der Waals surface area contributed by atoms with Crippen LogP contribution in [0.1, 0.15) is 35.2 Å². The number of hydrogen-bond acceptors (Lipinski definition) is 1. The molecule has 0 N–H and O–H groups in total. The molecular formula is C13H16FNO. The van der Waals surface area contributed by atoms with E-state index < -0.39 is 5.82 Å². The summed E-state index contributed by atoms with van der Waals surface area (Å²) in [7, 11) is 1.76. The van der Waals surface area contributed by atoms with E-state index in [1.54, 1.807) is 24.1 Å². The van der Waals surface area contributed by atoms with Crippen molar-refractivity contribution in [1.29, 1.82) is 0 Å². The molecule has 1 saturated carbocycles. The Bertz CT molecular complexity index is 412. The normalized spacial score (nSPS) is 15.7. The van der Waals surface area contributed by atoms with E-state index in [2.05, 4.69) is 0 Å². The van der Waals surface area contributed by atoms with Crippen LogP contribution in [0.15, 0.2) is 18.2 Å². The van der Waals surface area contributed by atoms with Gasteiger partial charge in [-0.15, -0.1) is 0 Å². The van der Waals surface area contributed by atoms with Gasteiger partial charge in [-0.1, -0.05) is 6.07 Å². The van der Waals surface area contributed by atoms with Crippen LogP contribution in [0.3, 0.4) is 0 Å². The molecule has 0 aromatic heterocycles. The number of hydrogen-bond donors (Lipinski definition) is 0. The Labute approximate surface area is 95.1 Å². The van der Waals surface area contributed by atoms with E-state index in [0.717, 1.165) is 18.4 Å². The van der Waals surface area contributed by atoms with Crippen LogP contribution in [-0.2, 0) is 0 Å². The Morgan fingerprint density at radius 2 is 2.12 bits per heavy atom. The molecular weight excluding hydrogens is 205 g/mol. The van der Waals surface area contributed by atoms with Crippen LogP contribution in [0.5, 0.6) is 0 Å². The Hall–Kier alpha value is -1.38. The lowest BCUT2D eigenvalue weighted by Crippen LogP contribution is -2.41. The molecule has 0 unspecified atom stereocenters. The summed E-state index contributed by atoms with van der Waals surface area (Å²) in [6.07, 6.45) is 3.24. The number of amides is 1. The maximum absolute atomic E-state index is 13.6. The summed E-state index contributed by atoms with van der Waals surface area (Å²) >= 11 is 0. The zero-order chi connectivity index (χ0) is 11.7. The number of rotatable bonds is 2. The number of carbonyl (C=O) groups excluding carboxylic acids is 1. The largest absolute Gasteiger partial charge is 0.339 e. The van der Waals surface area contributed by atoms with Crippen LogP contribution in [-0.4, -0.2) is 23.9 Å². The van der Waals surface area contributed by atoms with Gasteiger partial charge in [0, 0.05) is 13.1 Å². The second kappa shape index (κ2) is 4.24. The highest BCUT2D eigenvalue weighted by Crippen LogP contribution is 2.25. The third-order valence-corrected chi connectivity index (χ3v) is 3.30. The van der Waals surface area contributed by atoms with Crippen molar-refractivity contribution in [3.8, 4) is 0 Å². The molecule has 2 nitrogen and oxygen atoms in total. The summed E-state index contributed by atoms with van der Waals surface area (Å²) in [6.45, 7) is 1.81. The van der Waals surface area contributed by atoms with Gasteiger partial charge in [-0.2, -0.15) is 0 Å².